The first kappa shape index (κ1) is 34.1. The molecule has 0 heterocycles. The third-order valence-corrected chi connectivity index (χ3v) is 5.90. The van der Waals surface area contributed by atoms with Crippen LogP contribution in [0.1, 0.15) is 70.9 Å². The second-order valence-electron chi connectivity index (χ2n) is 9.65. The normalized spacial score (nSPS) is 11.7. The Bertz CT molecular complexity index is 785. The Morgan fingerprint density at radius 2 is 1.39 bits per heavy atom. The third kappa shape index (κ3) is 17.6. The molecule has 7 nitrogen and oxygen atoms in total. The number of hydrogen-bond acceptors (Lipinski definition) is 7. The minimum Gasteiger partial charge on any atom is -0.508 e. The highest BCUT2D eigenvalue weighted by atomic mass is 16.6. The number of allylic oxidation sites excluding steroid dienone is 4. The number of rotatable bonds is 24. The number of phenols is 1. The molecular formula is C31H52O7. The lowest BCUT2D eigenvalue weighted by Gasteiger charge is -2.15. The Morgan fingerprint density at radius 3 is 1.97 bits per heavy atom. The van der Waals surface area contributed by atoms with Crippen molar-refractivity contribution in [2.45, 2.75) is 72.6 Å². The molecule has 0 saturated carbocycles. The van der Waals surface area contributed by atoms with Gasteiger partial charge in [-0.3, -0.25) is 0 Å². The number of phenolic OH excluding ortho intramolecular Hbond substituents is 1. The van der Waals surface area contributed by atoms with Crippen LogP contribution in [0.4, 0.5) is 0 Å². The summed E-state index contributed by atoms with van der Waals surface area (Å²) < 4.78 is 27.8. The minimum absolute atomic E-state index is 0.0252. The van der Waals surface area contributed by atoms with Crippen LogP contribution in [0.5, 0.6) is 11.5 Å². The van der Waals surface area contributed by atoms with Gasteiger partial charge in [-0.15, -0.1) is 0 Å². The zero-order valence-electron chi connectivity index (χ0n) is 24.3. The van der Waals surface area contributed by atoms with Gasteiger partial charge in [0, 0.05) is 5.56 Å². The Morgan fingerprint density at radius 1 is 0.789 bits per heavy atom. The molecule has 2 N–H and O–H groups in total. The predicted octanol–water partition coefficient (Wildman–Crippen LogP) is 5.80. The van der Waals surface area contributed by atoms with Crippen molar-refractivity contribution < 1.29 is 33.9 Å². The predicted molar refractivity (Wildman–Crippen MR) is 153 cm³/mol. The fourth-order valence-corrected chi connectivity index (χ4v) is 3.75. The van der Waals surface area contributed by atoms with Gasteiger partial charge >= 0.3 is 0 Å². The van der Waals surface area contributed by atoms with E-state index >= 15 is 0 Å². The van der Waals surface area contributed by atoms with Crippen molar-refractivity contribution in [3.63, 3.8) is 0 Å². The molecule has 0 bridgehead atoms. The summed E-state index contributed by atoms with van der Waals surface area (Å²) >= 11 is 0. The molecule has 0 spiro atoms. The molecule has 7 heteroatoms. The smallest absolute Gasteiger partial charge is 0.126 e. The number of aromatic hydroxyl groups is 1. The van der Waals surface area contributed by atoms with Crippen molar-refractivity contribution in [2.24, 2.45) is 0 Å². The monoisotopic (exact) mass is 536 g/mol. The van der Waals surface area contributed by atoms with Crippen molar-refractivity contribution in [3.05, 3.63) is 46.6 Å². The Balaban J connectivity index is 2.47. The molecule has 0 aliphatic carbocycles. The topological polar surface area (TPSA) is 86.6 Å². The molecule has 0 radical (unpaired) electrons. The van der Waals surface area contributed by atoms with E-state index in [4.69, 9.17) is 28.8 Å². The van der Waals surface area contributed by atoms with Crippen LogP contribution >= 0.6 is 0 Å². The Hall–Kier alpha value is -1.90. The summed E-state index contributed by atoms with van der Waals surface area (Å²) in [5.74, 6) is 1.05. The second-order valence-corrected chi connectivity index (χ2v) is 9.65. The van der Waals surface area contributed by atoms with Crippen LogP contribution < -0.4 is 4.74 Å². The molecule has 0 aliphatic rings. The third-order valence-electron chi connectivity index (χ3n) is 5.90. The van der Waals surface area contributed by atoms with Crippen molar-refractivity contribution >= 4 is 0 Å². The van der Waals surface area contributed by atoms with E-state index in [9.17, 15) is 5.11 Å². The maximum absolute atomic E-state index is 10.8. The Labute approximate surface area is 230 Å². The lowest BCUT2D eigenvalue weighted by Crippen LogP contribution is -2.14. The summed E-state index contributed by atoms with van der Waals surface area (Å²) in [5.41, 5.74) is 4.58. The molecule has 1 aromatic rings. The van der Waals surface area contributed by atoms with Gasteiger partial charge in [0.2, 0.25) is 0 Å². The van der Waals surface area contributed by atoms with Crippen LogP contribution in [-0.4, -0.2) is 76.3 Å². The van der Waals surface area contributed by atoms with Crippen LogP contribution in [0.25, 0.3) is 0 Å². The second kappa shape index (κ2) is 23.0. The highest BCUT2D eigenvalue weighted by molar-refractivity contribution is 5.48. The van der Waals surface area contributed by atoms with Gasteiger partial charge in [-0.05, 0) is 70.6 Å². The number of aliphatic hydroxyl groups excluding tert-OH is 1. The van der Waals surface area contributed by atoms with Gasteiger partial charge in [0.25, 0.3) is 0 Å². The molecule has 38 heavy (non-hydrogen) atoms. The van der Waals surface area contributed by atoms with Gasteiger partial charge in [0.05, 0.1) is 59.5 Å². The van der Waals surface area contributed by atoms with Crippen LogP contribution in [0, 0.1) is 0 Å². The minimum atomic E-state index is 0.0252. The summed E-state index contributed by atoms with van der Waals surface area (Å²) in [4.78, 5) is 0. The van der Waals surface area contributed by atoms with E-state index in [0.717, 1.165) is 42.6 Å². The molecule has 1 aromatic carbocycles. The quantitative estimate of drug-likeness (QED) is 0.128. The van der Waals surface area contributed by atoms with Crippen molar-refractivity contribution in [1.82, 2.24) is 0 Å². The average molecular weight is 537 g/mol. The molecular weight excluding hydrogens is 484 g/mol. The van der Waals surface area contributed by atoms with Gasteiger partial charge in [0.15, 0.2) is 0 Å². The van der Waals surface area contributed by atoms with Crippen molar-refractivity contribution in [1.29, 1.82) is 0 Å². The zero-order valence-corrected chi connectivity index (χ0v) is 24.3. The molecule has 0 unspecified atom stereocenters. The van der Waals surface area contributed by atoms with Gasteiger partial charge in [-0.25, -0.2) is 0 Å². The van der Waals surface area contributed by atoms with Crippen LogP contribution in [-0.2, 0) is 31.8 Å². The van der Waals surface area contributed by atoms with E-state index < -0.39 is 0 Å². The Kier molecular flexibility index (Phi) is 20.7. The molecule has 0 fully saturated rings. The highest BCUT2D eigenvalue weighted by Gasteiger charge is 2.12. The fraction of sp³-hybridized carbons (Fsp3) is 0.677. The van der Waals surface area contributed by atoms with Crippen LogP contribution in [0.3, 0.4) is 0 Å². The summed E-state index contributed by atoms with van der Waals surface area (Å²) in [6, 6.07) is 3.97. The number of benzene rings is 1. The lowest BCUT2D eigenvalue weighted by atomic mass is 10.00. The van der Waals surface area contributed by atoms with Crippen molar-refractivity contribution in [2.75, 3.05) is 66.1 Å². The SMILES string of the molecule is CCCCCc1cc(O)c(C/C=C(\C)CCC=C(C)C)c(OCCOCCOCCOCCOCCO)c1. The first-order valence-electron chi connectivity index (χ1n) is 14.2. The molecule has 1 rings (SSSR count). The summed E-state index contributed by atoms with van der Waals surface area (Å²) in [6.07, 6.45) is 11.5. The van der Waals surface area contributed by atoms with Gasteiger partial charge in [-0.1, -0.05) is 43.1 Å². The number of ether oxygens (including phenoxy) is 5. The van der Waals surface area contributed by atoms with Gasteiger partial charge in [0.1, 0.15) is 18.1 Å². The van der Waals surface area contributed by atoms with Crippen LogP contribution in [0.15, 0.2) is 35.4 Å². The van der Waals surface area contributed by atoms with E-state index in [1.807, 2.05) is 6.07 Å². The fourth-order valence-electron chi connectivity index (χ4n) is 3.75. The van der Waals surface area contributed by atoms with Crippen LogP contribution in [0.2, 0.25) is 0 Å². The van der Waals surface area contributed by atoms with E-state index in [1.165, 1.54) is 24.0 Å². The zero-order chi connectivity index (χ0) is 27.8. The molecule has 0 atom stereocenters. The van der Waals surface area contributed by atoms with Gasteiger partial charge in [-0.2, -0.15) is 0 Å². The van der Waals surface area contributed by atoms with E-state index in [2.05, 4.69) is 45.9 Å². The summed E-state index contributed by atoms with van der Waals surface area (Å²) in [6.45, 7) is 12.7. The number of unbranched alkanes of at least 4 members (excludes halogenated alkanes) is 2. The van der Waals surface area contributed by atoms with Crippen molar-refractivity contribution in [3.8, 4) is 11.5 Å². The number of aryl methyl sites for hydroxylation is 1. The summed E-state index contributed by atoms with van der Waals surface area (Å²) in [5, 5.41) is 19.4. The first-order valence-corrected chi connectivity index (χ1v) is 14.2. The van der Waals surface area contributed by atoms with E-state index in [-0.39, 0.29) is 6.61 Å². The molecule has 0 aliphatic heterocycles. The maximum atomic E-state index is 10.8. The molecule has 0 saturated heterocycles. The number of hydrogen-bond donors (Lipinski definition) is 2. The lowest BCUT2D eigenvalue weighted by molar-refractivity contribution is -0.00781. The average Bonchev–Trinajstić information content (AvgIpc) is 2.88. The first-order chi connectivity index (χ1) is 18.5. The molecule has 0 aromatic heterocycles. The molecule has 218 valence electrons. The maximum Gasteiger partial charge on any atom is 0.126 e. The van der Waals surface area contributed by atoms with E-state index in [0.29, 0.717) is 71.6 Å². The largest absolute Gasteiger partial charge is 0.508 e. The highest BCUT2D eigenvalue weighted by Crippen LogP contribution is 2.32. The van der Waals surface area contributed by atoms with E-state index in [1.54, 1.807) is 0 Å². The standard InChI is InChI=1S/C31H52O7/c1-5-6-7-11-28-24-30(33)29(13-12-27(4)10-8-9-26(2)3)31(25-28)38-23-22-37-21-20-36-19-18-35-17-16-34-15-14-32/h9,12,24-25,32-33H,5-8,10-11,13-23H2,1-4H3/b27-12+. The van der Waals surface area contributed by atoms with Gasteiger partial charge < -0.3 is 33.9 Å². The number of aliphatic hydroxyl groups is 1. The molecule has 0 amide bonds. The summed E-state index contributed by atoms with van der Waals surface area (Å²) in [7, 11) is 0.